The van der Waals surface area contributed by atoms with Gasteiger partial charge in [-0.05, 0) is 30.8 Å². The van der Waals surface area contributed by atoms with Crippen molar-refractivity contribution in [3.8, 4) is 5.75 Å². The van der Waals surface area contributed by atoms with Crippen LogP contribution in [-0.4, -0.2) is 26.5 Å². The molecule has 0 aromatic carbocycles. The third-order valence-corrected chi connectivity index (χ3v) is 9.64. The van der Waals surface area contributed by atoms with E-state index in [1.807, 2.05) is 41.5 Å². The summed E-state index contributed by atoms with van der Waals surface area (Å²) in [4.78, 5) is 21.2. The molecule has 0 atom stereocenters. The van der Waals surface area contributed by atoms with E-state index in [9.17, 15) is 4.79 Å². The van der Waals surface area contributed by atoms with Crippen molar-refractivity contribution >= 4 is 25.4 Å². The highest BCUT2D eigenvalue weighted by Crippen LogP contribution is 2.52. The number of methoxy groups -OCH3 is 1. The van der Waals surface area contributed by atoms with E-state index in [0.29, 0.717) is 16.8 Å². The number of aromatic nitrogens is 1. The molecule has 1 aromatic heterocycles. The van der Waals surface area contributed by atoms with Gasteiger partial charge in [-0.1, -0.05) is 41.5 Å². The lowest BCUT2D eigenvalue weighted by Crippen LogP contribution is -2.58. The van der Waals surface area contributed by atoms with Crippen LogP contribution < -0.4 is 15.4 Å². The van der Waals surface area contributed by atoms with Gasteiger partial charge >= 0.3 is 5.97 Å². The van der Waals surface area contributed by atoms with E-state index in [1.165, 1.54) is 13.3 Å². The predicted octanol–water partition coefficient (Wildman–Crippen LogP) is 4.73. The van der Waals surface area contributed by atoms with Gasteiger partial charge in [0.25, 0.3) is 8.41 Å². The SMILES string of the molecule is COc1cc(NOC(=O)C(C)(C)C)ncc1[Si](F)(C(C)(C)C)C(C)(C)C. The Kier molecular flexibility index (Phi) is 6.18. The number of nitrogens with one attached hydrogen (secondary N) is 1. The molecule has 0 saturated heterocycles. The maximum absolute atomic E-state index is 16.5. The summed E-state index contributed by atoms with van der Waals surface area (Å²) in [5, 5.41) is -0.588. The second-order valence-corrected chi connectivity index (χ2v) is 14.5. The lowest BCUT2D eigenvalue weighted by atomic mass is 9.98. The first kappa shape index (κ1) is 22.4. The number of rotatable bonds is 4. The Morgan fingerprint density at radius 1 is 1.08 bits per heavy atom. The summed E-state index contributed by atoms with van der Waals surface area (Å²) in [6.07, 6.45) is 1.51. The topological polar surface area (TPSA) is 60.5 Å². The average molecular weight is 385 g/mol. The highest BCUT2D eigenvalue weighted by Gasteiger charge is 2.58. The maximum atomic E-state index is 16.5. The van der Waals surface area contributed by atoms with E-state index in [2.05, 4.69) is 10.5 Å². The zero-order chi connectivity index (χ0) is 20.6. The van der Waals surface area contributed by atoms with Crippen molar-refractivity contribution in [2.24, 2.45) is 5.41 Å². The second-order valence-electron chi connectivity index (χ2n) is 9.67. The van der Waals surface area contributed by atoms with Crippen molar-refractivity contribution in [2.75, 3.05) is 12.6 Å². The van der Waals surface area contributed by atoms with Gasteiger partial charge in [0, 0.05) is 17.4 Å². The molecule has 0 unspecified atom stereocenters. The van der Waals surface area contributed by atoms with Crippen LogP contribution in [0.3, 0.4) is 0 Å². The van der Waals surface area contributed by atoms with E-state index in [0.717, 1.165) is 0 Å². The van der Waals surface area contributed by atoms with Crippen LogP contribution >= 0.6 is 0 Å². The van der Waals surface area contributed by atoms with Crippen molar-refractivity contribution in [1.29, 1.82) is 0 Å². The molecule has 0 saturated carbocycles. The number of ether oxygens (including phenoxy) is 1. The Balaban J connectivity index is 3.30. The Labute approximate surface area is 157 Å². The molecule has 0 aliphatic carbocycles. The molecule has 7 heteroatoms. The molecular formula is C19H33FN2O3Si. The van der Waals surface area contributed by atoms with Gasteiger partial charge < -0.3 is 13.7 Å². The van der Waals surface area contributed by atoms with Gasteiger partial charge in [0.2, 0.25) is 0 Å². The maximum Gasteiger partial charge on any atom is 0.337 e. The van der Waals surface area contributed by atoms with Gasteiger partial charge in [-0.25, -0.2) is 15.3 Å². The summed E-state index contributed by atoms with van der Waals surface area (Å²) in [7, 11) is -2.01. The Bertz CT molecular complexity index is 644. The lowest BCUT2D eigenvalue weighted by Gasteiger charge is -2.45. The summed E-state index contributed by atoms with van der Waals surface area (Å²) in [5.41, 5.74) is 1.89. The third-order valence-electron chi connectivity index (χ3n) is 4.38. The van der Waals surface area contributed by atoms with Gasteiger partial charge in [-0.3, -0.25) is 0 Å². The monoisotopic (exact) mass is 384 g/mol. The number of pyridine rings is 1. The van der Waals surface area contributed by atoms with Gasteiger partial charge in [0.15, 0.2) is 5.82 Å². The van der Waals surface area contributed by atoms with Crippen LogP contribution in [0.2, 0.25) is 10.1 Å². The van der Waals surface area contributed by atoms with E-state index in [-0.39, 0.29) is 0 Å². The molecule has 0 spiro atoms. The third kappa shape index (κ3) is 4.37. The lowest BCUT2D eigenvalue weighted by molar-refractivity contribution is -0.149. The first-order valence-electron chi connectivity index (χ1n) is 8.76. The normalized spacial score (nSPS) is 13.3. The van der Waals surface area contributed by atoms with Crippen LogP contribution in [0.25, 0.3) is 0 Å². The molecule has 0 bridgehead atoms. The Morgan fingerprint density at radius 3 is 1.96 bits per heavy atom. The Morgan fingerprint density at radius 2 is 1.58 bits per heavy atom. The van der Waals surface area contributed by atoms with Gasteiger partial charge in [-0.15, -0.1) is 0 Å². The highest BCUT2D eigenvalue weighted by atomic mass is 28.4. The summed E-state index contributed by atoms with van der Waals surface area (Å²) < 4.78 is 22.0. The van der Waals surface area contributed by atoms with Crippen LogP contribution in [0.15, 0.2) is 12.3 Å². The van der Waals surface area contributed by atoms with Gasteiger partial charge in [0.1, 0.15) is 5.75 Å². The van der Waals surface area contributed by atoms with Crippen molar-refractivity contribution < 1.29 is 18.5 Å². The fraction of sp³-hybridized carbons (Fsp3) is 0.684. The molecule has 0 aliphatic heterocycles. The highest BCUT2D eigenvalue weighted by molar-refractivity contribution is 6.91. The average Bonchev–Trinajstić information content (AvgIpc) is 2.48. The van der Waals surface area contributed by atoms with E-state index >= 15 is 4.11 Å². The van der Waals surface area contributed by atoms with Crippen molar-refractivity contribution in [3.05, 3.63) is 12.3 Å². The molecule has 0 fully saturated rings. The number of carbonyl (C=O) groups is 1. The standard InChI is InChI=1S/C19H33FN2O3Si/c1-17(2,3)16(23)25-22-15-11-13(24-10)14(12-21-15)26(20,18(4,5)6)19(7,8)9/h11-12H,1-10H3,(H,21,22). The molecule has 26 heavy (non-hydrogen) atoms. The summed E-state index contributed by atoms with van der Waals surface area (Å²) >= 11 is 0. The van der Waals surface area contributed by atoms with Gasteiger partial charge in [0.05, 0.1) is 12.5 Å². The number of nitrogens with zero attached hydrogens (tertiary/aromatic N) is 1. The fourth-order valence-corrected chi connectivity index (χ4v) is 7.73. The van der Waals surface area contributed by atoms with Crippen LogP contribution in [0.5, 0.6) is 5.75 Å². The summed E-state index contributed by atoms with van der Waals surface area (Å²) in [5.74, 6) is 0.289. The number of anilines is 1. The van der Waals surface area contributed by atoms with Gasteiger partial charge in [-0.2, -0.15) is 0 Å². The summed E-state index contributed by atoms with van der Waals surface area (Å²) in [6, 6.07) is 1.57. The molecule has 0 amide bonds. The van der Waals surface area contributed by atoms with Crippen LogP contribution in [0.1, 0.15) is 62.3 Å². The smallest absolute Gasteiger partial charge is 0.337 e. The largest absolute Gasteiger partial charge is 0.497 e. The van der Waals surface area contributed by atoms with Crippen LogP contribution in [0, 0.1) is 5.41 Å². The second kappa shape index (κ2) is 7.17. The number of carbonyl (C=O) groups excluding carboxylic acids is 1. The van der Waals surface area contributed by atoms with E-state index in [1.54, 1.807) is 26.8 Å². The number of halogens is 1. The quantitative estimate of drug-likeness (QED) is 0.462. The first-order chi connectivity index (χ1) is 11.6. The van der Waals surface area contributed by atoms with Crippen molar-refractivity contribution in [2.45, 2.75) is 72.4 Å². The van der Waals surface area contributed by atoms with E-state index in [4.69, 9.17) is 9.57 Å². The van der Waals surface area contributed by atoms with E-state index < -0.39 is 29.9 Å². The molecule has 0 aliphatic rings. The molecule has 0 radical (unpaired) electrons. The predicted molar refractivity (Wildman–Crippen MR) is 106 cm³/mol. The first-order valence-corrected chi connectivity index (χ1v) is 10.6. The zero-order valence-corrected chi connectivity index (χ0v) is 18.7. The molecular weight excluding hydrogens is 351 g/mol. The number of hydrogen-bond donors (Lipinski definition) is 1. The van der Waals surface area contributed by atoms with Crippen molar-refractivity contribution in [3.63, 3.8) is 0 Å². The summed E-state index contributed by atoms with van der Waals surface area (Å²) in [6.45, 7) is 16.8. The molecule has 148 valence electrons. The minimum atomic E-state index is -3.51. The molecule has 1 rings (SSSR count). The fourth-order valence-electron chi connectivity index (χ4n) is 3.11. The minimum Gasteiger partial charge on any atom is -0.497 e. The van der Waals surface area contributed by atoms with Crippen molar-refractivity contribution in [1.82, 2.24) is 4.98 Å². The zero-order valence-electron chi connectivity index (χ0n) is 17.7. The molecule has 5 nitrogen and oxygen atoms in total. The van der Waals surface area contributed by atoms with Crippen LogP contribution in [-0.2, 0) is 9.63 Å². The Hall–Kier alpha value is -1.63. The molecule has 1 heterocycles. The van der Waals surface area contributed by atoms with Crippen LogP contribution in [0.4, 0.5) is 9.93 Å². The number of hydrogen-bond acceptors (Lipinski definition) is 5. The molecule has 1 aromatic rings. The minimum absolute atomic E-state index is 0.294. The molecule has 1 N–H and O–H groups in total.